The average Bonchev–Trinajstić information content (AvgIpc) is 2.71. The third kappa shape index (κ3) is 6.66. The van der Waals surface area contributed by atoms with E-state index < -0.39 is 0 Å². The molecule has 0 spiro atoms. The molecule has 0 bridgehead atoms. The third-order valence-electron chi connectivity index (χ3n) is 3.91. The van der Waals surface area contributed by atoms with E-state index in [1.165, 1.54) is 0 Å². The van der Waals surface area contributed by atoms with E-state index in [2.05, 4.69) is 20.9 Å². The molecular weight excluding hydrogens is 340 g/mol. The van der Waals surface area contributed by atoms with Gasteiger partial charge in [-0.2, -0.15) is 0 Å². The van der Waals surface area contributed by atoms with Gasteiger partial charge in [-0.15, -0.1) is 0 Å². The lowest BCUT2D eigenvalue weighted by Crippen LogP contribution is -2.36. The Hall–Kier alpha value is -3.02. The molecule has 2 aromatic rings. The Morgan fingerprint density at radius 3 is 2.37 bits per heavy atom. The van der Waals surface area contributed by atoms with Crippen molar-refractivity contribution < 1.29 is 9.53 Å². The minimum atomic E-state index is -0.0622. The number of hydrogen-bond donors (Lipinski definition) is 3. The first-order chi connectivity index (χ1) is 13.2. The maximum Gasteiger partial charge on any atom is 0.251 e. The summed E-state index contributed by atoms with van der Waals surface area (Å²) in [6, 6.07) is 15.5. The fraction of sp³-hybridized carbons (Fsp3) is 0.333. The van der Waals surface area contributed by atoms with Crippen LogP contribution in [-0.2, 0) is 13.1 Å². The number of nitrogens with zero attached hydrogens (tertiary/aromatic N) is 1. The van der Waals surface area contributed by atoms with E-state index in [9.17, 15) is 4.79 Å². The van der Waals surface area contributed by atoms with Crippen LogP contribution in [0.5, 0.6) is 5.75 Å². The normalized spacial score (nSPS) is 11.0. The number of hydrogen-bond acceptors (Lipinski definition) is 3. The minimum Gasteiger partial charge on any atom is -0.497 e. The molecule has 0 aromatic heterocycles. The van der Waals surface area contributed by atoms with E-state index in [0.29, 0.717) is 25.2 Å². The summed E-state index contributed by atoms with van der Waals surface area (Å²) in [4.78, 5) is 16.6. The van der Waals surface area contributed by atoms with Gasteiger partial charge in [0.25, 0.3) is 5.91 Å². The summed E-state index contributed by atoms with van der Waals surface area (Å²) < 4.78 is 5.18. The Morgan fingerprint density at radius 2 is 1.70 bits per heavy atom. The molecule has 2 aromatic carbocycles. The Labute approximate surface area is 161 Å². The van der Waals surface area contributed by atoms with E-state index in [4.69, 9.17) is 4.74 Å². The highest BCUT2D eigenvalue weighted by Gasteiger charge is 2.05. The van der Waals surface area contributed by atoms with Crippen LogP contribution in [-0.4, -0.2) is 32.1 Å². The van der Waals surface area contributed by atoms with Gasteiger partial charge in [0.15, 0.2) is 5.96 Å². The Morgan fingerprint density at radius 1 is 0.963 bits per heavy atom. The van der Waals surface area contributed by atoms with Crippen molar-refractivity contribution >= 4 is 11.9 Å². The minimum absolute atomic E-state index is 0.0622. The van der Waals surface area contributed by atoms with Crippen molar-refractivity contribution in [1.29, 1.82) is 0 Å². The van der Waals surface area contributed by atoms with Gasteiger partial charge in [0.1, 0.15) is 5.75 Å². The number of carbonyl (C=O) groups excluding carboxylic acids is 1. The van der Waals surface area contributed by atoms with Gasteiger partial charge in [0.2, 0.25) is 0 Å². The second kappa shape index (κ2) is 10.9. The molecule has 0 radical (unpaired) electrons. The molecule has 1 amide bonds. The summed E-state index contributed by atoms with van der Waals surface area (Å²) in [6.45, 7) is 6.47. The number of benzene rings is 2. The number of rotatable bonds is 8. The quantitative estimate of drug-likeness (QED) is 0.495. The van der Waals surface area contributed by atoms with Crippen molar-refractivity contribution in [3.05, 3.63) is 65.2 Å². The number of guanidine groups is 1. The number of amides is 1. The summed E-state index contributed by atoms with van der Waals surface area (Å²) in [5.74, 6) is 1.51. The predicted molar refractivity (Wildman–Crippen MR) is 109 cm³/mol. The molecule has 0 aliphatic carbocycles. The van der Waals surface area contributed by atoms with Crippen LogP contribution < -0.4 is 20.7 Å². The van der Waals surface area contributed by atoms with Crippen LogP contribution in [0.25, 0.3) is 0 Å². The van der Waals surface area contributed by atoms with Crippen molar-refractivity contribution in [2.24, 2.45) is 4.99 Å². The van der Waals surface area contributed by atoms with Crippen LogP contribution in [0.1, 0.15) is 35.3 Å². The van der Waals surface area contributed by atoms with Crippen LogP contribution in [0, 0.1) is 0 Å². The van der Waals surface area contributed by atoms with E-state index in [-0.39, 0.29) is 5.91 Å². The Kier molecular flexibility index (Phi) is 8.16. The topological polar surface area (TPSA) is 74.8 Å². The lowest BCUT2D eigenvalue weighted by atomic mass is 10.1. The number of aliphatic imine (C=N–C) groups is 1. The third-order valence-corrected chi connectivity index (χ3v) is 3.91. The zero-order chi connectivity index (χ0) is 19.5. The Bertz CT molecular complexity index is 757. The molecule has 0 aliphatic rings. The molecule has 0 heterocycles. The van der Waals surface area contributed by atoms with E-state index in [1.807, 2.05) is 62.4 Å². The van der Waals surface area contributed by atoms with Gasteiger partial charge in [-0.05, 0) is 49.2 Å². The highest BCUT2D eigenvalue weighted by Crippen LogP contribution is 2.11. The maximum atomic E-state index is 12.0. The lowest BCUT2D eigenvalue weighted by Gasteiger charge is -2.12. The highest BCUT2D eigenvalue weighted by molar-refractivity contribution is 5.94. The molecule has 0 fully saturated rings. The molecule has 27 heavy (non-hydrogen) atoms. The molecule has 3 N–H and O–H groups in total. The smallest absolute Gasteiger partial charge is 0.251 e. The number of carbonyl (C=O) groups is 1. The molecule has 6 heteroatoms. The van der Waals surface area contributed by atoms with E-state index >= 15 is 0 Å². The van der Waals surface area contributed by atoms with Gasteiger partial charge in [-0.1, -0.05) is 24.3 Å². The standard InChI is InChI=1S/C21H28N4O2/c1-4-22-20(26)18-8-6-7-17(13-18)15-25-21(23-5-2)24-14-16-9-11-19(27-3)12-10-16/h6-13H,4-5,14-15H2,1-3H3,(H,22,26)(H2,23,24,25). The molecule has 6 nitrogen and oxygen atoms in total. The monoisotopic (exact) mass is 368 g/mol. The van der Waals surface area contributed by atoms with Crippen LogP contribution in [0.3, 0.4) is 0 Å². The SMILES string of the molecule is CCNC(=O)c1cccc(CN=C(NCC)NCc2ccc(OC)cc2)c1. The molecule has 0 aliphatic heterocycles. The Balaban J connectivity index is 1.99. The van der Waals surface area contributed by atoms with Crippen molar-refractivity contribution in [1.82, 2.24) is 16.0 Å². The highest BCUT2D eigenvalue weighted by atomic mass is 16.5. The van der Waals surface area contributed by atoms with Gasteiger partial charge in [0.05, 0.1) is 13.7 Å². The molecular formula is C21H28N4O2. The molecule has 0 unspecified atom stereocenters. The van der Waals surface area contributed by atoms with Crippen molar-refractivity contribution in [2.45, 2.75) is 26.9 Å². The van der Waals surface area contributed by atoms with Crippen LogP contribution >= 0.6 is 0 Å². The first-order valence-electron chi connectivity index (χ1n) is 9.18. The summed E-state index contributed by atoms with van der Waals surface area (Å²) >= 11 is 0. The summed E-state index contributed by atoms with van der Waals surface area (Å²) in [5.41, 5.74) is 2.78. The van der Waals surface area contributed by atoms with Gasteiger partial charge >= 0.3 is 0 Å². The first kappa shape index (κ1) is 20.3. The van der Waals surface area contributed by atoms with Crippen LogP contribution in [0.2, 0.25) is 0 Å². The maximum absolute atomic E-state index is 12.0. The van der Waals surface area contributed by atoms with Crippen LogP contribution in [0.15, 0.2) is 53.5 Å². The number of nitrogens with one attached hydrogen (secondary N) is 3. The first-order valence-corrected chi connectivity index (χ1v) is 9.18. The second-order valence-corrected chi connectivity index (χ2v) is 5.96. The summed E-state index contributed by atoms with van der Waals surface area (Å²) in [6.07, 6.45) is 0. The fourth-order valence-corrected chi connectivity index (χ4v) is 2.51. The average molecular weight is 368 g/mol. The predicted octanol–water partition coefficient (Wildman–Crippen LogP) is 2.70. The fourth-order valence-electron chi connectivity index (χ4n) is 2.51. The van der Waals surface area contributed by atoms with Gasteiger partial charge in [-0.3, -0.25) is 4.79 Å². The van der Waals surface area contributed by atoms with Gasteiger partial charge < -0.3 is 20.7 Å². The zero-order valence-electron chi connectivity index (χ0n) is 16.2. The zero-order valence-corrected chi connectivity index (χ0v) is 16.2. The second-order valence-electron chi connectivity index (χ2n) is 5.96. The molecule has 144 valence electrons. The molecule has 0 atom stereocenters. The van der Waals surface area contributed by atoms with Gasteiger partial charge in [0, 0.05) is 25.2 Å². The molecule has 2 rings (SSSR count). The lowest BCUT2D eigenvalue weighted by molar-refractivity contribution is 0.0955. The number of methoxy groups -OCH3 is 1. The van der Waals surface area contributed by atoms with Crippen molar-refractivity contribution in [2.75, 3.05) is 20.2 Å². The summed E-state index contributed by atoms with van der Waals surface area (Å²) in [5, 5.41) is 9.37. The van der Waals surface area contributed by atoms with Gasteiger partial charge in [-0.25, -0.2) is 4.99 Å². The van der Waals surface area contributed by atoms with Crippen molar-refractivity contribution in [3.8, 4) is 5.75 Å². The van der Waals surface area contributed by atoms with Crippen molar-refractivity contribution in [3.63, 3.8) is 0 Å². The number of ether oxygens (including phenoxy) is 1. The largest absolute Gasteiger partial charge is 0.497 e. The molecule has 0 saturated carbocycles. The van der Waals surface area contributed by atoms with E-state index in [0.717, 1.165) is 29.4 Å². The van der Waals surface area contributed by atoms with E-state index in [1.54, 1.807) is 7.11 Å². The van der Waals surface area contributed by atoms with Crippen LogP contribution in [0.4, 0.5) is 0 Å². The summed E-state index contributed by atoms with van der Waals surface area (Å²) in [7, 11) is 1.66. The molecule has 0 saturated heterocycles.